The number of carbonyl (C=O) groups is 1. The Morgan fingerprint density at radius 3 is 2.59 bits per heavy atom. The standard InChI is InChI=1S/C22H26N4O2S/c1-16-11-15-29-19(16)10-12-23-21(27)22-24-20(25-28-22)17-6-8-18(9-7-17)26-13-4-2-3-5-14-26/h6-9,11,15H,2-5,10,12-14H2,1H3,(H,23,27). The van der Waals surface area contributed by atoms with Crippen molar-refractivity contribution >= 4 is 22.9 Å². The molecule has 0 saturated carbocycles. The first kappa shape index (κ1) is 19.6. The first-order valence-electron chi connectivity index (χ1n) is 10.2. The van der Waals surface area contributed by atoms with Crippen LogP contribution in [-0.4, -0.2) is 35.7 Å². The average Bonchev–Trinajstić information content (AvgIpc) is 3.30. The number of anilines is 1. The molecule has 29 heavy (non-hydrogen) atoms. The third-order valence-electron chi connectivity index (χ3n) is 5.32. The van der Waals surface area contributed by atoms with Gasteiger partial charge in [0, 0.05) is 35.8 Å². The summed E-state index contributed by atoms with van der Waals surface area (Å²) in [5, 5.41) is 8.89. The van der Waals surface area contributed by atoms with Crippen LogP contribution >= 0.6 is 11.3 Å². The highest BCUT2D eigenvalue weighted by Crippen LogP contribution is 2.23. The SMILES string of the molecule is Cc1ccsc1CCNC(=O)c1nc(-c2ccc(N3CCCCCC3)cc2)no1. The van der Waals surface area contributed by atoms with Crippen molar-refractivity contribution in [1.29, 1.82) is 0 Å². The van der Waals surface area contributed by atoms with Gasteiger partial charge in [0.2, 0.25) is 5.82 Å². The van der Waals surface area contributed by atoms with Gasteiger partial charge >= 0.3 is 11.8 Å². The molecule has 152 valence electrons. The first-order chi connectivity index (χ1) is 14.2. The van der Waals surface area contributed by atoms with E-state index in [0.717, 1.165) is 25.1 Å². The number of nitrogens with one attached hydrogen (secondary N) is 1. The van der Waals surface area contributed by atoms with Crippen LogP contribution in [0.1, 0.15) is 46.8 Å². The zero-order chi connectivity index (χ0) is 20.1. The molecule has 6 nitrogen and oxygen atoms in total. The van der Waals surface area contributed by atoms with E-state index in [-0.39, 0.29) is 11.8 Å². The number of hydrogen-bond acceptors (Lipinski definition) is 6. The lowest BCUT2D eigenvalue weighted by Crippen LogP contribution is -2.25. The second kappa shape index (κ2) is 9.22. The lowest BCUT2D eigenvalue weighted by molar-refractivity contribution is 0.0910. The number of rotatable bonds is 6. The van der Waals surface area contributed by atoms with E-state index in [9.17, 15) is 4.79 Å². The maximum absolute atomic E-state index is 12.3. The van der Waals surface area contributed by atoms with Crippen molar-refractivity contribution in [2.24, 2.45) is 0 Å². The highest BCUT2D eigenvalue weighted by Gasteiger charge is 2.16. The normalized spacial score (nSPS) is 14.6. The highest BCUT2D eigenvalue weighted by atomic mass is 32.1. The van der Waals surface area contributed by atoms with Crippen LogP contribution < -0.4 is 10.2 Å². The molecule has 1 fully saturated rings. The molecule has 1 amide bonds. The van der Waals surface area contributed by atoms with Gasteiger partial charge in [0.25, 0.3) is 0 Å². The van der Waals surface area contributed by atoms with E-state index in [1.54, 1.807) is 11.3 Å². The topological polar surface area (TPSA) is 71.3 Å². The molecule has 3 heterocycles. The fraction of sp³-hybridized carbons (Fsp3) is 0.409. The van der Waals surface area contributed by atoms with Gasteiger partial charge in [0.1, 0.15) is 0 Å². The Bertz CT molecular complexity index is 940. The monoisotopic (exact) mass is 410 g/mol. The Kier molecular flexibility index (Phi) is 6.24. The molecule has 7 heteroatoms. The minimum atomic E-state index is -0.334. The van der Waals surface area contributed by atoms with Crippen molar-refractivity contribution in [3.8, 4) is 11.4 Å². The number of thiophene rings is 1. The number of benzene rings is 1. The largest absolute Gasteiger partial charge is 0.372 e. The Hall–Kier alpha value is -2.67. The summed E-state index contributed by atoms with van der Waals surface area (Å²) < 4.78 is 5.17. The Morgan fingerprint density at radius 1 is 1.14 bits per heavy atom. The molecule has 4 rings (SSSR count). The maximum atomic E-state index is 12.3. The first-order valence-corrected chi connectivity index (χ1v) is 11.1. The molecule has 0 aliphatic carbocycles. The minimum absolute atomic E-state index is 0.000466. The Morgan fingerprint density at radius 2 is 1.90 bits per heavy atom. The van der Waals surface area contributed by atoms with Crippen molar-refractivity contribution in [2.75, 3.05) is 24.5 Å². The van der Waals surface area contributed by atoms with Gasteiger partial charge in [0.05, 0.1) is 0 Å². The minimum Gasteiger partial charge on any atom is -0.372 e. The molecule has 0 spiro atoms. The van der Waals surface area contributed by atoms with E-state index in [1.165, 1.54) is 41.8 Å². The number of aromatic nitrogens is 2. The molecule has 3 aromatic rings. The molecule has 1 aliphatic heterocycles. The summed E-state index contributed by atoms with van der Waals surface area (Å²) in [6.07, 6.45) is 5.92. The molecular weight excluding hydrogens is 384 g/mol. The predicted octanol–water partition coefficient (Wildman–Crippen LogP) is 4.46. The number of carbonyl (C=O) groups excluding carboxylic acids is 1. The van der Waals surface area contributed by atoms with Gasteiger partial charge in [-0.25, -0.2) is 0 Å². The van der Waals surface area contributed by atoms with Crippen LogP contribution in [0.15, 0.2) is 40.2 Å². The fourth-order valence-corrected chi connectivity index (χ4v) is 4.52. The summed E-state index contributed by atoms with van der Waals surface area (Å²) in [5.41, 5.74) is 3.33. The lowest BCUT2D eigenvalue weighted by Gasteiger charge is -2.22. The number of hydrogen-bond donors (Lipinski definition) is 1. The molecule has 0 atom stereocenters. The maximum Gasteiger partial charge on any atom is 0.316 e. The second-order valence-electron chi connectivity index (χ2n) is 7.40. The zero-order valence-electron chi connectivity index (χ0n) is 16.7. The Balaban J connectivity index is 1.35. The molecule has 1 N–H and O–H groups in total. The highest BCUT2D eigenvalue weighted by molar-refractivity contribution is 7.10. The molecule has 2 aromatic heterocycles. The zero-order valence-corrected chi connectivity index (χ0v) is 17.5. The molecule has 0 bridgehead atoms. The smallest absolute Gasteiger partial charge is 0.316 e. The fourth-order valence-electron chi connectivity index (χ4n) is 3.61. The van der Waals surface area contributed by atoms with Crippen molar-refractivity contribution in [1.82, 2.24) is 15.5 Å². The van der Waals surface area contributed by atoms with Crippen LogP contribution in [0.4, 0.5) is 5.69 Å². The van der Waals surface area contributed by atoms with Crippen LogP contribution in [-0.2, 0) is 6.42 Å². The quantitative estimate of drug-likeness (QED) is 0.650. The van der Waals surface area contributed by atoms with Crippen molar-refractivity contribution in [2.45, 2.75) is 39.0 Å². The summed E-state index contributed by atoms with van der Waals surface area (Å²) in [7, 11) is 0. The summed E-state index contributed by atoms with van der Waals surface area (Å²) in [6, 6.07) is 10.3. The van der Waals surface area contributed by atoms with Crippen LogP contribution in [0.25, 0.3) is 11.4 Å². The van der Waals surface area contributed by atoms with E-state index in [0.29, 0.717) is 12.4 Å². The summed E-state index contributed by atoms with van der Waals surface area (Å²) in [6.45, 7) is 4.84. The van der Waals surface area contributed by atoms with E-state index < -0.39 is 0 Å². The molecule has 1 aliphatic rings. The van der Waals surface area contributed by atoms with E-state index in [4.69, 9.17) is 4.52 Å². The number of aryl methyl sites for hydroxylation is 1. The van der Waals surface area contributed by atoms with Crippen molar-refractivity contribution in [3.63, 3.8) is 0 Å². The Labute approximate surface area is 174 Å². The van der Waals surface area contributed by atoms with E-state index in [2.05, 4.69) is 50.9 Å². The van der Waals surface area contributed by atoms with Crippen LogP contribution in [0.5, 0.6) is 0 Å². The molecule has 0 radical (unpaired) electrons. The predicted molar refractivity (Wildman–Crippen MR) is 116 cm³/mol. The molecular formula is C22H26N4O2S. The number of nitrogens with zero attached hydrogens (tertiary/aromatic N) is 3. The van der Waals surface area contributed by atoms with Gasteiger partial charge in [-0.1, -0.05) is 18.0 Å². The van der Waals surface area contributed by atoms with Crippen LogP contribution in [0.2, 0.25) is 0 Å². The van der Waals surface area contributed by atoms with Gasteiger partial charge in [-0.15, -0.1) is 11.3 Å². The summed E-state index contributed by atoms with van der Waals surface area (Å²) >= 11 is 1.70. The van der Waals surface area contributed by atoms with Gasteiger partial charge in [-0.2, -0.15) is 4.98 Å². The lowest BCUT2D eigenvalue weighted by atomic mass is 10.2. The molecule has 1 aromatic carbocycles. The van der Waals surface area contributed by atoms with Gasteiger partial charge in [-0.3, -0.25) is 4.79 Å². The summed E-state index contributed by atoms with van der Waals surface area (Å²) in [5.74, 6) is 0.102. The molecule has 1 saturated heterocycles. The summed E-state index contributed by atoms with van der Waals surface area (Å²) in [4.78, 5) is 20.3. The third-order valence-corrected chi connectivity index (χ3v) is 6.41. The number of amides is 1. The van der Waals surface area contributed by atoms with Crippen LogP contribution in [0.3, 0.4) is 0 Å². The molecule has 0 unspecified atom stereocenters. The van der Waals surface area contributed by atoms with Gasteiger partial charge in [0.15, 0.2) is 0 Å². The van der Waals surface area contributed by atoms with E-state index in [1.807, 2.05) is 12.1 Å². The van der Waals surface area contributed by atoms with Crippen molar-refractivity contribution in [3.05, 3.63) is 52.0 Å². The average molecular weight is 411 g/mol. The van der Waals surface area contributed by atoms with E-state index >= 15 is 0 Å². The van der Waals surface area contributed by atoms with Crippen molar-refractivity contribution < 1.29 is 9.32 Å². The van der Waals surface area contributed by atoms with Gasteiger partial charge in [-0.05, 0) is 67.5 Å². The van der Waals surface area contributed by atoms with Gasteiger partial charge < -0.3 is 14.7 Å². The van der Waals surface area contributed by atoms with Crippen LogP contribution in [0, 0.1) is 6.92 Å². The third kappa shape index (κ3) is 4.85. The second-order valence-corrected chi connectivity index (χ2v) is 8.40.